The highest BCUT2D eigenvalue weighted by Crippen LogP contribution is 2.44. The molecule has 2 amide bonds. The van der Waals surface area contributed by atoms with Crippen LogP contribution in [0.25, 0.3) is 11.1 Å². The molecule has 8 nitrogen and oxygen atoms in total. The Morgan fingerprint density at radius 3 is 2.17 bits per heavy atom. The molecule has 188 valence electrons. The molecule has 0 bridgehead atoms. The molecule has 2 aromatic rings. The van der Waals surface area contributed by atoms with Crippen LogP contribution in [-0.2, 0) is 19.1 Å². The van der Waals surface area contributed by atoms with Crippen LogP contribution < -0.4 is 10.6 Å². The van der Waals surface area contributed by atoms with E-state index < -0.39 is 18.2 Å². The fourth-order valence-electron chi connectivity index (χ4n) is 4.35. The molecule has 1 atom stereocenters. The summed E-state index contributed by atoms with van der Waals surface area (Å²) in [5, 5.41) is 14.2. The van der Waals surface area contributed by atoms with E-state index in [0.717, 1.165) is 30.4 Å². The van der Waals surface area contributed by atoms with Crippen LogP contribution in [-0.4, -0.2) is 56.0 Å². The summed E-state index contributed by atoms with van der Waals surface area (Å²) >= 11 is 0. The van der Waals surface area contributed by atoms with Gasteiger partial charge in [0.15, 0.2) is 0 Å². The monoisotopic (exact) mass is 482 g/mol. The van der Waals surface area contributed by atoms with E-state index in [1.54, 1.807) is 0 Å². The quantitative estimate of drug-likeness (QED) is 0.350. The third-order valence-electron chi connectivity index (χ3n) is 6.20. The lowest BCUT2D eigenvalue weighted by molar-refractivity contribution is -0.137. The lowest BCUT2D eigenvalue weighted by Crippen LogP contribution is -2.37. The molecule has 3 rings (SSSR count). The number of hydrogen-bond acceptors (Lipinski definition) is 5. The number of fused-ring (bicyclic) bond motifs is 3. The molecule has 0 spiro atoms. The van der Waals surface area contributed by atoms with E-state index in [1.165, 1.54) is 18.2 Å². The minimum Gasteiger partial charge on any atom is -0.481 e. The number of methoxy groups -OCH3 is 1. The van der Waals surface area contributed by atoms with Crippen molar-refractivity contribution < 1.29 is 29.0 Å². The summed E-state index contributed by atoms with van der Waals surface area (Å²) in [6, 6.07) is 16.3. The van der Waals surface area contributed by atoms with Gasteiger partial charge >= 0.3 is 12.1 Å². The number of alkyl carbamates (subject to hydrolysis) is 1. The normalized spacial score (nSPS) is 12.9. The molecular formula is C27H34N2O6. The fourth-order valence-corrected chi connectivity index (χ4v) is 4.35. The highest BCUT2D eigenvalue weighted by molar-refractivity contribution is 5.79. The minimum absolute atomic E-state index is 0.0127. The Bertz CT molecular complexity index is 963. The number of ether oxygens (including phenoxy) is 2. The molecule has 2 aromatic carbocycles. The maximum absolute atomic E-state index is 12.3. The third-order valence-corrected chi connectivity index (χ3v) is 6.20. The van der Waals surface area contributed by atoms with Crippen LogP contribution in [0.15, 0.2) is 48.5 Å². The molecule has 35 heavy (non-hydrogen) atoms. The molecule has 0 aromatic heterocycles. The number of carboxylic acid groups (broad SMARTS) is 1. The van der Waals surface area contributed by atoms with Gasteiger partial charge in [-0.1, -0.05) is 61.4 Å². The Labute approximate surface area is 206 Å². The zero-order chi connectivity index (χ0) is 25.0. The van der Waals surface area contributed by atoms with Crippen molar-refractivity contribution in [2.45, 2.75) is 50.5 Å². The van der Waals surface area contributed by atoms with Gasteiger partial charge in [-0.25, -0.2) is 4.79 Å². The van der Waals surface area contributed by atoms with E-state index in [4.69, 9.17) is 14.6 Å². The topological polar surface area (TPSA) is 114 Å². The summed E-state index contributed by atoms with van der Waals surface area (Å²) in [5.41, 5.74) is 4.63. The summed E-state index contributed by atoms with van der Waals surface area (Å²) in [6.45, 7) is 0.919. The molecule has 1 aliphatic carbocycles. The van der Waals surface area contributed by atoms with Gasteiger partial charge in [0.2, 0.25) is 5.91 Å². The van der Waals surface area contributed by atoms with Crippen LogP contribution in [0.4, 0.5) is 4.79 Å². The molecule has 1 aliphatic rings. The van der Waals surface area contributed by atoms with E-state index in [9.17, 15) is 14.4 Å². The van der Waals surface area contributed by atoms with Gasteiger partial charge in [-0.3, -0.25) is 9.59 Å². The van der Waals surface area contributed by atoms with Crippen LogP contribution in [0, 0.1) is 0 Å². The van der Waals surface area contributed by atoms with Crippen molar-refractivity contribution in [3.8, 4) is 11.1 Å². The Morgan fingerprint density at radius 1 is 0.914 bits per heavy atom. The SMILES string of the molecule is COC(CNC(=O)OCC1c2ccccc2-c2ccccc21)CC(=O)NCCCCCCC(=O)O. The zero-order valence-corrected chi connectivity index (χ0v) is 20.1. The number of benzene rings is 2. The smallest absolute Gasteiger partial charge is 0.407 e. The Kier molecular flexibility index (Phi) is 10.1. The molecular weight excluding hydrogens is 448 g/mol. The number of carbonyl (C=O) groups excluding carboxylic acids is 2. The van der Waals surface area contributed by atoms with Crippen molar-refractivity contribution in [2.24, 2.45) is 0 Å². The van der Waals surface area contributed by atoms with Crippen LogP contribution >= 0.6 is 0 Å². The molecule has 0 saturated heterocycles. The van der Waals surface area contributed by atoms with E-state index >= 15 is 0 Å². The third kappa shape index (κ3) is 7.82. The van der Waals surface area contributed by atoms with Gasteiger partial charge in [0.05, 0.1) is 12.5 Å². The number of carbonyl (C=O) groups is 3. The van der Waals surface area contributed by atoms with Crippen LogP contribution in [0.1, 0.15) is 55.6 Å². The maximum Gasteiger partial charge on any atom is 0.407 e. The van der Waals surface area contributed by atoms with Gasteiger partial charge in [-0.2, -0.15) is 0 Å². The Morgan fingerprint density at radius 2 is 1.54 bits per heavy atom. The molecule has 1 unspecified atom stereocenters. The maximum atomic E-state index is 12.3. The first-order valence-corrected chi connectivity index (χ1v) is 12.1. The summed E-state index contributed by atoms with van der Waals surface area (Å²) in [6.07, 6.45) is 2.43. The molecule has 0 fully saturated rings. The van der Waals surface area contributed by atoms with Crippen LogP contribution in [0.3, 0.4) is 0 Å². The lowest BCUT2D eigenvalue weighted by Gasteiger charge is -2.17. The van der Waals surface area contributed by atoms with Crippen LogP contribution in [0.2, 0.25) is 0 Å². The van der Waals surface area contributed by atoms with Crippen molar-refractivity contribution in [1.82, 2.24) is 10.6 Å². The number of aliphatic carboxylic acids is 1. The van der Waals surface area contributed by atoms with Gasteiger partial charge in [0.1, 0.15) is 6.61 Å². The summed E-state index contributed by atoms with van der Waals surface area (Å²) < 4.78 is 10.9. The Hall–Kier alpha value is -3.39. The number of nitrogens with one attached hydrogen (secondary N) is 2. The molecule has 8 heteroatoms. The van der Waals surface area contributed by atoms with Crippen molar-refractivity contribution in [3.05, 3.63) is 59.7 Å². The second kappa shape index (κ2) is 13.5. The first-order valence-electron chi connectivity index (χ1n) is 12.1. The van der Waals surface area contributed by atoms with Gasteiger partial charge in [0, 0.05) is 32.5 Å². The largest absolute Gasteiger partial charge is 0.481 e. The zero-order valence-electron chi connectivity index (χ0n) is 20.1. The average molecular weight is 483 g/mol. The van der Waals surface area contributed by atoms with Crippen LogP contribution in [0.5, 0.6) is 0 Å². The lowest BCUT2D eigenvalue weighted by atomic mass is 9.98. The summed E-state index contributed by atoms with van der Waals surface area (Å²) in [5.74, 6) is -0.950. The highest BCUT2D eigenvalue weighted by Gasteiger charge is 2.29. The number of carboxylic acids is 1. The predicted octanol–water partition coefficient (Wildman–Crippen LogP) is 4.08. The van der Waals surface area contributed by atoms with Crippen molar-refractivity contribution in [1.29, 1.82) is 0 Å². The van der Waals surface area contributed by atoms with Crippen molar-refractivity contribution in [2.75, 3.05) is 26.8 Å². The molecule has 0 saturated carbocycles. The second-order valence-corrected chi connectivity index (χ2v) is 8.68. The van der Waals surface area contributed by atoms with E-state index in [2.05, 4.69) is 34.9 Å². The second-order valence-electron chi connectivity index (χ2n) is 8.68. The summed E-state index contributed by atoms with van der Waals surface area (Å²) in [4.78, 5) is 35.0. The average Bonchev–Trinajstić information content (AvgIpc) is 3.18. The molecule has 0 aliphatic heterocycles. The highest BCUT2D eigenvalue weighted by atomic mass is 16.5. The number of rotatable bonds is 14. The molecule has 0 radical (unpaired) electrons. The standard InChI is InChI=1S/C27H34N2O6/c1-34-19(16-25(30)28-15-9-3-2-4-14-26(31)32)17-29-27(33)35-18-24-22-12-7-5-10-20(22)21-11-6-8-13-23(21)24/h5-8,10-13,19,24H,2-4,9,14-18H2,1H3,(H,28,30)(H,29,33)(H,31,32). The van der Waals surface area contributed by atoms with Crippen molar-refractivity contribution >= 4 is 18.0 Å². The van der Waals surface area contributed by atoms with Gasteiger partial charge in [-0.05, 0) is 35.1 Å². The Balaban J connectivity index is 1.36. The fraction of sp³-hybridized carbons (Fsp3) is 0.444. The molecule has 0 heterocycles. The first kappa shape index (κ1) is 26.2. The number of unbranched alkanes of at least 4 members (excludes halogenated alkanes) is 3. The van der Waals surface area contributed by atoms with E-state index in [1.807, 2.05) is 24.3 Å². The molecule has 3 N–H and O–H groups in total. The van der Waals surface area contributed by atoms with Gasteiger partial charge in [0.25, 0.3) is 0 Å². The van der Waals surface area contributed by atoms with E-state index in [0.29, 0.717) is 13.0 Å². The predicted molar refractivity (Wildman–Crippen MR) is 132 cm³/mol. The minimum atomic E-state index is -0.782. The number of amides is 2. The van der Waals surface area contributed by atoms with Gasteiger partial charge in [-0.15, -0.1) is 0 Å². The first-order chi connectivity index (χ1) is 17.0. The summed E-state index contributed by atoms with van der Waals surface area (Å²) in [7, 11) is 1.50. The van der Waals surface area contributed by atoms with E-state index in [-0.39, 0.29) is 37.8 Å². The van der Waals surface area contributed by atoms with Crippen molar-refractivity contribution in [3.63, 3.8) is 0 Å². The number of hydrogen-bond donors (Lipinski definition) is 3. The van der Waals surface area contributed by atoms with Gasteiger partial charge < -0.3 is 25.2 Å².